The van der Waals surface area contributed by atoms with Crippen molar-refractivity contribution in [3.05, 3.63) is 29.8 Å². The molecule has 0 saturated heterocycles. The van der Waals surface area contributed by atoms with Crippen molar-refractivity contribution in [2.24, 2.45) is 5.73 Å². The lowest BCUT2D eigenvalue weighted by Gasteiger charge is -2.13. The van der Waals surface area contributed by atoms with E-state index >= 15 is 0 Å². The van der Waals surface area contributed by atoms with Crippen molar-refractivity contribution in [2.45, 2.75) is 6.18 Å². The molecule has 0 aromatic heterocycles. The Kier molecular flexibility index (Phi) is 4.68. The van der Waals surface area contributed by atoms with E-state index in [0.29, 0.717) is 0 Å². The Morgan fingerprint density at radius 3 is 2.39 bits per heavy atom. The van der Waals surface area contributed by atoms with Crippen LogP contribution in [0, 0.1) is 0 Å². The van der Waals surface area contributed by atoms with Crippen LogP contribution in [0.15, 0.2) is 24.3 Å². The topological polar surface area (TPSA) is 62.1 Å². The molecule has 0 aliphatic heterocycles. The summed E-state index contributed by atoms with van der Waals surface area (Å²) in [5.74, 6) is 0. The smallest absolute Gasteiger partial charge is 0.375 e. The monoisotopic (exact) mass is 294 g/mol. The quantitative estimate of drug-likeness (QED) is 0.467. The highest BCUT2D eigenvalue weighted by Crippen LogP contribution is 2.30. The van der Waals surface area contributed by atoms with Crippen LogP contribution >= 0.6 is 24.4 Å². The Bertz CT molecular complexity index is 461. The molecule has 0 saturated carbocycles. The molecule has 1 rings (SSSR count). The van der Waals surface area contributed by atoms with Crippen molar-refractivity contribution < 1.29 is 13.2 Å². The molecule has 0 unspecified atom stereocenters. The number of hydrazine groups is 1. The lowest BCUT2D eigenvalue weighted by Crippen LogP contribution is -2.46. The maximum atomic E-state index is 12.4. The van der Waals surface area contributed by atoms with Crippen molar-refractivity contribution in [3.8, 4) is 0 Å². The van der Waals surface area contributed by atoms with Crippen molar-refractivity contribution in [2.75, 3.05) is 5.32 Å². The summed E-state index contributed by atoms with van der Waals surface area (Å²) >= 11 is 9.33. The number of thiocarbonyl (C=S) groups is 2. The SMILES string of the molecule is NC(=S)NNC(=S)Nc1cccc(C(F)(F)F)c1. The van der Waals surface area contributed by atoms with Gasteiger partial charge in [-0.25, -0.2) is 0 Å². The third-order valence-electron chi connectivity index (χ3n) is 1.75. The van der Waals surface area contributed by atoms with E-state index in [1.807, 2.05) is 0 Å². The van der Waals surface area contributed by atoms with Gasteiger partial charge in [0.25, 0.3) is 0 Å². The van der Waals surface area contributed by atoms with Crippen LogP contribution in [0.2, 0.25) is 0 Å². The van der Waals surface area contributed by atoms with Gasteiger partial charge in [-0.2, -0.15) is 13.2 Å². The van der Waals surface area contributed by atoms with Gasteiger partial charge in [0, 0.05) is 5.69 Å². The first-order chi connectivity index (χ1) is 8.29. The number of nitrogens with one attached hydrogen (secondary N) is 3. The second kappa shape index (κ2) is 5.83. The standard InChI is InChI=1S/C9H9F3N4S2/c10-9(11,12)5-2-1-3-6(4-5)14-8(18)16-15-7(13)17/h1-4H,(H3,13,15,17)(H2,14,16,18). The largest absolute Gasteiger partial charge is 0.416 e. The average Bonchev–Trinajstić information content (AvgIpc) is 2.25. The van der Waals surface area contributed by atoms with Crippen molar-refractivity contribution in [1.82, 2.24) is 10.9 Å². The number of nitrogens with two attached hydrogens (primary N) is 1. The van der Waals surface area contributed by atoms with E-state index in [2.05, 4.69) is 28.4 Å². The molecule has 0 fully saturated rings. The highest BCUT2D eigenvalue weighted by molar-refractivity contribution is 7.80. The molecule has 1 aromatic rings. The molecule has 0 bridgehead atoms. The Morgan fingerprint density at radius 2 is 1.83 bits per heavy atom. The number of benzene rings is 1. The summed E-state index contributed by atoms with van der Waals surface area (Å²) in [6.07, 6.45) is -4.40. The molecule has 0 atom stereocenters. The van der Waals surface area contributed by atoms with Gasteiger partial charge in [-0.05, 0) is 42.6 Å². The first kappa shape index (κ1) is 14.5. The summed E-state index contributed by atoms with van der Waals surface area (Å²) in [7, 11) is 0. The molecule has 0 heterocycles. The van der Waals surface area contributed by atoms with E-state index in [1.54, 1.807) is 0 Å². The van der Waals surface area contributed by atoms with Gasteiger partial charge in [0.2, 0.25) is 0 Å². The van der Waals surface area contributed by atoms with Crippen LogP contribution < -0.4 is 21.9 Å². The van der Waals surface area contributed by atoms with Crippen LogP contribution in [0.3, 0.4) is 0 Å². The second-order valence-electron chi connectivity index (χ2n) is 3.15. The molecule has 9 heteroatoms. The van der Waals surface area contributed by atoms with E-state index in [-0.39, 0.29) is 15.9 Å². The number of rotatable bonds is 1. The molecule has 0 radical (unpaired) electrons. The van der Waals surface area contributed by atoms with Crippen molar-refractivity contribution in [1.29, 1.82) is 0 Å². The zero-order chi connectivity index (χ0) is 13.8. The first-order valence-corrected chi connectivity index (χ1v) is 5.40. The molecule has 0 aliphatic carbocycles. The predicted octanol–water partition coefficient (Wildman–Crippen LogP) is 1.74. The third-order valence-corrected chi connectivity index (χ3v) is 2.05. The number of hydrogen-bond acceptors (Lipinski definition) is 2. The van der Waals surface area contributed by atoms with Gasteiger partial charge in [0.05, 0.1) is 5.56 Å². The molecule has 0 spiro atoms. The summed E-state index contributed by atoms with van der Waals surface area (Å²) < 4.78 is 37.3. The summed E-state index contributed by atoms with van der Waals surface area (Å²) in [4.78, 5) is 0. The van der Waals surface area contributed by atoms with Crippen LogP contribution in [0.25, 0.3) is 0 Å². The van der Waals surface area contributed by atoms with Crippen LogP contribution in [-0.4, -0.2) is 10.2 Å². The van der Waals surface area contributed by atoms with E-state index in [9.17, 15) is 13.2 Å². The molecule has 0 amide bonds. The van der Waals surface area contributed by atoms with E-state index in [4.69, 9.17) is 18.0 Å². The third kappa shape index (κ3) is 4.72. The zero-order valence-corrected chi connectivity index (χ0v) is 10.5. The minimum absolute atomic E-state index is 0.0387. The second-order valence-corrected chi connectivity index (χ2v) is 4.00. The van der Waals surface area contributed by atoms with Gasteiger partial charge in [-0.1, -0.05) is 6.07 Å². The fourth-order valence-electron chi connectivity index (χ4n) is 1.05. The number of halogens is 3. The van der Waals surface area contributed by atoms with Gasteiger partial charge in [-0.15, -0.1) is 0 Å². The van der Waals surface area contributed by atoms with E-state index in [0.717, 1.165) is 12.1 Å². The summed E-state index contributed by atoms with van der Waals surface area (Å²) in [5, 5.41) is 2.56. The van der Waals surface area contributed by atoms with Crippen LogP contribution in [-0.2, 0) is 6.18 Å². The maximum Gasteiger partial charge on any atom is 0.416 e. The molecule has 98 valence electrons. The van der Waals surface area contributed by atoms with Gasteiger partial charge in [-0.3, -0.25) is 10.9 Å². The first-order valence-electron chi connectivity index (χ1n) is 4.59. The molecule has 1 aromatic carbocycles. The van der Waals surface area contributed by atoms with Gasteiger partial charge in [0.15, 0.2) is 10.2 Å². The summed E-state index contributed by atoms with van der Waals surface area (Å²) in [6.45, 7) is 0. The predicted molar refractivity (Wildman–Crippen MR) is 70.7 cm³/mol. The fourth-order valence-corrected chi connectivity index (χ4v) is 1.27. The van der Waals surface area contributed by atoms with Crippen LogP contribution in [0.1, 0.15) is 5.56 Å². The minimum atomic E-state index is -4.40. The minimum Gasteiger partial charge on any atom is -0.375 e. The fraction of sp³-hybridized carbons (Fsp3) is 0.111. The van der Waals surface area contributed by atoms with Gasteiger partial charge < -0.3 is 11.1 Å². The Balaban J connectivity index is 2.68. The highest BCUT2D eigenvalue weighted by Gasteiger charge is 2.30. The van der Waals surface area contributed by atoms with Gasteiger partial charge in [0.1, 0.15) is 0 Å². The summed E-state index contributed by atoms with van der Waals surface area (Å²) in [6, 6.07) is 4.63. The average molecular weight is 294 g/mol. The Hall–Kier alpha value is -1.61. The van der Waals surface area contributed by atoms with Crippen LogP contribution in [0.5, 0.6) is 0 Å². The zero-order valence-electron chi connectivity index (χ0n) is 8.84. The highest BCUT2D eigenvalue weighted by atomic mass is 32.1. The molecular formula is C9H9F3N4S2. The summed E-state index contributed by atoms with van der Waals surface area (Å²) in [5.41, 5.74) is 9.33. The Labute approximate surface area is 112 Å². The van der Waals surface area contributed by atoms with E-state index in [1.165, 1.54) is 12.1 Å². The normalized spacial score (nSPS) is 10.6. The van der Waals surface area contributed by atoms with Crippen LogP contribution in [0.4, 0.5) is 18.9 Å². The van der Waals surface area contributed by atoms with Crippen molar-refractivity contribution >= 4 is 40.3 Å². The molecule has 18 heavy (non-hydrogen) atoms. The molecular weight excluding hydrogens is 285 g/mol. The van der Waals surface area contributed by atoms with Crippen molar-refractivity contribution in [3.63, 3.8) is 0 Å². The molecule has 4 nitrogen and oxygen atoms in total. The maximum absolute atomic E-state index is 12.4. The number of alkyl halides is 3. The van der Waals surface area contributed by atoms with E-state index < -0.39 is 11.7 Å². The van der Waals surface area contributed by atoms with Gasteiger partial charge >= 0.3 is 6.18 Å². The Morgan fingerprint density at radius 1 is 1.17 bits per heavy atom. The molecule has 5 N–H and O–H groups in total. The number of anilines is 1. The molecule has 0 aliphatic rings. The lowest BCUT2D eigenvalue weighted by atomic mass is 10.2. The lowest BCUT2D eigenvalue weighted by molar-refractivity contribution is -0.137. The number of hydrogen-bond donors (Lipinski definition) is 4.